The average molecular weight is 277 g/mol. The van der Waals surface area contributed by atoms with Crippen LogP contribution >= 0.6 is 0 Å². The molecule has 0 aromatic heterocycles. The van der Waals surface area contributed by atoms with E-state index in [-0.39, 0.29) is 0 Å². The number of aliphatic hydroxyl groups excluding tert-OH is 1. The van der Waals surface area contributed by atoms with Gasteiger partial charge in [0, 0.05) is 5.41 Å². The van der Waals surface area contributed by atoms with Crippen molar-refractivity contribution < 1.29 is 9.84 Å². The highest BCUT2D eigenvalue weighted by atomic mass is 16.5. The Hall–Kier alpha value is -1.06. The summed E-state index contributed by atoms with van der Waals surface area (Å²) < 4.78 is 5.98. The van der Waals surface area contributed by atoms with E-state index >= 15 is 0 Å². The second-order valence-electron chi connectivity index (χ2n) is 6.33. The molecule has 112 valence electrons. The lowest BCUT2D eigenvalue weighted by atomic mass is 9.76. The van der Waals surface area contributed by atoms with Crippen molar-refractivity contribution in [1.29, 1.82) is 0 Å². The molecule has 1 aromatic rings. The molecule has 0 saturated heterocycles. The van der Waals surface area contributed by atoms with Gasteiger partial charge in [0.2, 0.25) is 0 Å². The Morgan fingerprint density at radius 2 is 2.05 bits per heavy atom. The van der Waals surface area contributed by atoms with Crippen molar-refractivity contribution in [2.45, 2.75) is 51.6 Å². The number of nitrogens with two attached hydrogens (primary N) is 1. The van der Waals surface area contributed by atoms with Gasteiger partial charge in [-0.2, -0.15) is 0 Å². The van der Waals surface area contributed by atoms with Gasteiger partial charge in [0.05, 0.1) is 12.7 Å². The number of hydrogen-bond acceptors (Lipinski definition) is 3. The maximum Gasteiger partial charge on any atom is 0.119 e. The summed E-state index contributed by atoms with van der Waals surface area (Å²) in [6, 6.07) is 7.76. The molecule has 0 spiro atoms. The summed E-state index contributed by atoms with van der Waals surface area (Å²) in [5, 5.41) is 9.98. The summed E-state index contributed by atoms with van der Waals surface area (Å²) in [6.07, 6.45) is 6.58. The molecule has 0 radical (unpaired) electrons. The van der Waals surface area contributed by atoms with E-state index in [0.717, 1.165) is 17.9 Å². The molecule has 20 heavy (non-hydrogen) atoms. The van der Waals surface area contributed by atoms with Crippen LogP contribution in [0.5, 0.6) is 5.75 Å². The van der Waals surface area contributed by atoms with Gasteiger partial charge < -0.3 is 15.6 Å². The lowest BCUT2D eigenvalue weighted by Crippen LogP contribution is -2.27. The van der Waals surface area contributed by atoms with Gasteiger partial charge >= 0.3 is 0 Å². The minimum atomic E-state index is -0.492. The molecule has 0 heterocycles. The van der Waals surface area contributed by atoms with Crippen LogP contribution in [0.1, 0.15) is 57.1 Å². The first kappa shape index (κ1) is 15.3. The number of rotatable bonds is 6. The van der Waals surface area contributed by atoms with Crippen LogP contribution in [-0.2, 0) is 0 Å². The van der Waals surface area contributed by atoms with E-state index < -0.39 is 6.10 Å². The molecule has 3 heteroatoms. The monoisotopic (exact) mass is 277 g/mol. The number of ether oxygens (including phenoxy) is 1. The predicted molar refractivity (Wildman–Crippen MR) is 81.8 cm³/mol. The third kappa shape index (κ3) is 4.22. The van der Waals surface area contributed by atoms with Gasteiger partial charge in [-0.25, -0.2) is 0 Å². The van der Waals surface area contributed by atoms with Crippen LogP contribution in [0.4, 0.5) is 0 Å². The van der Waals surface area contributed by atoms with E-state index in [0.29, 0.717) is 18.4 Å². The van der Waals surface area contributed by atoms with Crippen molar-refractivity contribution in [1.82, 2.24) is 0 Å². The molecule has 1 aliphatic carbocycles. The molecule has 2 rings (SSSR count). The molecule has 0 bridgehead atoms. The summed E-state index contributed by atoms with van der Waals surface area (Å²) in [5.41, 5.74) is 6.69. The summed E-state index contributed by atoms with van der Waals surface area (Å²) in [6.45, 7) is 3.58. The Labute approximate surface area is 122 Å². The second-order valence-corrected chi connectivity index (χ2v) is 6.33. The zero-order chi connectivity index (χ0) is 14.4. The van der Waals surface area contributed by atoms with Crippen molar-refractivity contribution in [3.05, 3.63) is 29.8 Å². The minimum absolute atomic E-state index is 0.310. The highest BCUT2D eigenvalue weighted by Crippen LogP contribution is 2.36. The standard InChI is InChI=1S/C17H27NO2/c1-17(9-3-2-4-10-17)13-20-15-7-5-6-14(12-15)16(19)8-11-18/h5-7,12,16,19H,2-4,8-11,13,18H2,1H3. The fraction of sp³-hybridized carbons (Fsp3) is 0.647. The number of benzene rings is 1. The molecule has 1 unspecified atom stereocenters. The summed E-state index contributed by atoms with van der Waals surface area (Å²) >= 11 is 0. The predicted octanol–water partition coefficient (Wildman–Crippen LogP) is 3.42. The van der Waals surface area contributed by atoms with E-state index in [4.69, 9.17) is 10.5 Å². The largest absolute Gasteiger partial charge is 0.493 e. The van der Waals surface area contributed by atoms with Crippen molar-refractivity contribution in [2.24, 2.45) is 11.1 Å². The Kier molecular flexibility index (Phi) is 5.44. The topological polar surface area (TPSA) is 55.5 Å². The van der Waals surface area contributed by atoms with Gasteiger partial charge in [-0.15, -0.1) is 0 Å². The van der Waals surface area contributed by atoms with Gasteiger partial charge in [0.25, 0.3) is 0 Å². The first-order valence-electron chi connectivity index (χ1n) is 7.74. The fourth-order valence-electron chi connectivity index (χ4n) is 2.94. The Balaban J connectivity index is 1.94. The van der Waals surface area contributed by atoms with Crippen LogP contribution in [-0.4, -0.2) is 18.3 Å². The van der Waals surface area contributed by atoms with Crippen molar-refractivity contribution in [3.63, 3.8) is 0 Å². The summed E-state index contributed by atoms with van der Waals surface area (Å²) in [7, 11) is 0. The maximum absolute atomic E-state index is 9.98. The third-order valence-corrected chi connectivity index (χ3v) is 4.33. The number of aliphatic hydroxyl groups is 1. The minimum Gasteiger partial charge on any atom is -0.493 e. The Bertz CT molecular complexity index is 413. The highest BCUT2D eigenvalue weighted by Gasteiger charge is 2.27. The molecule has 0 aliphatic heterocycles. The van der Waals surface area contributed by atoms with Crippen LogP contribution < -0.4 is 10.5 Å². The first-order chi connectivity index (χ1) is 9.63. The van der Waals surface area contributed by atoms with Crippen molar-refractivity contribution in [3.8, 4) is 5.75 Å². The van der Waals surface area contributed by atoms with Gasteiger partial charge in [0.15, 0.2) is 0 Å². The van der Waals surface area contributed by atoms with Gasteiger partial charge in [-0.3, -0.25) is 0 Å². The Morgan fingerprint density at radius 3 is 2.75 bits per heavy atom. The summed E-state index contributed by atoms with van der Waals surface area (Å²) in [4.78, 5) is 0. The van der Waals surface area contributed by atoms with E-state index in [1.807, 2.05) is 24.3 Å². The van der Waals surface area contributed by atoms with Crippen LogP contribution in [0.25, 0.3) is 0 Å². The van der Waals surface area contributed by atoms with Crippen LogP contribution in [0.2, 0.25) is 0 Å². The molecule has 1 saturated carbocycles. The van der Waals surface area contributed by atoms with E-state index in [1.54, 1.807) is 0 Å². The lowest BCUT2D eigenvalue weighted by molar-refractivity contribution is 0.115. The quantitative estimate of drug-likeness (QED) is 0.837. The third-order valence-electron chi connectivity index (χ3n) is 4.33. The smallest absolute Gasteiger partial charge is 0.119 e. The van der Waals surface area contributed by atoms with Gasteiger partial charge in [-0.05, 0) is 43.5 Å². The highest BCUT2D eigenvalue weighted by molar-refractivity contribution is 5.30. The van der Waals surface area contributed by atoms with E-state index in [9.17, 15) is 5.11 Å². The van der Waals surface area contributed by atoms with Gasteiger partial charge in [0.1, 0.15) is 5.75 Å². The second kappa shape index (κ2) is 7.09. The lowest BCUT2D eigenvalue weighted by Gasteiger charge is -2.33. The van der Waals surface area contributed by atoms with Crippen LogP contribution in [0.15, 0.2) is 24.3 Å². The molecule has 1 aliphatic rings. The average Bonchev–Trinajstić information content (AvgIpc) is 2.47. The molecule has 3 nitrogen and oxygen atoms in total. The molecule has 1 atom stereocenters. The zero-order valence-corrected chi connectivity index (χ0v) is 12.5. The van der Waals surface area contributed by atoms with Crippen molar-refractivity contribution >= 4 is 0 Å². The molecule has 3 N–H and O–H groups in total. The fourth-order valence-corrected chi connectivity index (χ4v) is 2.94. The first-order valence-corrected chi connectivity index (χ1v) is 7.74. The normalized spacial score (nSPS) is 19.6. The van der Waals surface area contributed by atoms with Crippen molar-refractivity contribution in [2.75, 3.05) is 13.2 Å². The molecule has 0 amide bonds. The van der Waals surface area contributed by atoms with Crippen LogP contribution in [0.3, 0.4) is 0 Å². The molecule has 1 aromatic carbocycles. The number of hydrogen-bond donors (Lipinski definition) is 2. The zero-order valence-electron chi connectivity index (χ0n) is 12.5. The molecule has 1 fully saturated rings. The van der Waals surface area contributed by atoms with E-state index in [2.05, 4.69) is 6.92 Å². The maximum atomic E-state index is 9.98. The van der Waals surface area contributed by atoms with Gasteiger partial charge in [-0.1, -0.05) is 38.3 Å². The molecular weight excluding hydrogens is 250 g/mol. The SMILES string of the molecule is CC1(COc2cccc(C(O)CCN)c2)CCCCC1. The van der Waals surface area contributed by atoms with Crippen LogP contribution in [0, 0.1) is 5.41 Å². The molecular formula is C17H27NO2. The Morgan fingerprint density at radius 1 is 1.30 bits per heavy atom. The van der Waals surface area contributed by atoms with E-state index in [1.165, 1.54) is 32.1 Å². The summed E-state index contributed by atoms with van der Waals surface area (Å²) in [5.74, 6) is 0.852.